The topological polar surface area (TPSA) is 58.0 Å². The maximum Gasteiger partial charge on any atom is 0.109 e. The first kappa shape index (κ1) is 16.7. The molecule has 23 heavy (non-hydrogen) atoms. The maximum absolute atomic E-state index is 5.61. The minimum absolute atomic E-state index is 0.155. The van der Waals surface area contributed by atoms with Crippen LogP contribution >= 0.6 is 0 Å². The van der Waals surface area contributed by atoms with Crippen molar-refractivity contribution < 1.29 is 4.74 Å². The number of hydrazone groups is 2. The van der Waals surface area contributed by atoms with Gasteiger partial charge in [0.2, 0.25) is 0 Å². The van der Waals surface area contributed by atoms with Crippen molar-refractivity contribution >= 4 is 23.3 Å². The van der Waals surface area contributed by atoms with Gasteiger partial charge < -0.3 is 4.74 Å². The van der Waals surface area contributed by atoms with Crippen molar-refractivity contribution in [1.29, 1.82) is 0 Å². The highest BCUT2D eigenvalue weighted by Gasteiger charge is 2.08. The molecule has 2 N–H and O–H groups in total. The Hall–Kier alpha value is -2.66. The Labute approximate surface area is 137 Å². The molecule has 0 aromatic heterocycles. The summed E-state index contributed by atoms with van der Waals surface area (Å²) < 4.78 is 5.61. The number of para-hydroxylation sites is 2. The molecule has 5 nitrogen and oxygen atoms in total. The van der Waals surface area contributed by atoms with E-state index in [9.17, 15) is 0 Å². The predicted molar refractivity (Wildman–Crippen MR) is 97.1 cm³/mol. The van der Waals surface area contributed by atoms with Crippen molar-refractivity contribution in [2.75, 3.05) is 17.5 Å². The Morgan fingerprint density at radius 2 is 1.57 bits per heavy atom. The third kappa shape index (κ3) is 5.92. The molecule has 0 aliphatic carbocycles. The summed E-state index contributed by atoms with van der Waals surface area (Å²) in [6.45, 7) is 4.52. The van der Waals surface area contributed by atoms with Crippen LogP contribution in [-0.2, 0) is 4.74 Å². The summed E-state index contributed by atoms with van der Waals surface area (Å²) in [7, 11) is 0. The molecule has 0 fully saturated rings. The fourth-order valence-electron chi connectivity index (χ4n) is 1.89. The van der Waals surface area contributed by atoms with Gasteiger partial charge in [0.05, 0.1) is 17.6 Å². The minimum atomic E-state index is -0.155. The fourth-order valence-corrected chi connectivity index (χ4v) is 1.89. The van der Waals surface area contributed by atoms with Crippen molar-refractivity contribution in [3.63, 3.8) is 0 Å². The van der Waals surface area contributed by atoms with Gasteiger partial charge in [0.15, 0.2) is 0 Å². The van der Waals surface area contributed by atoms with Crippen LogP contribution in [0.15, 0.2) is 70.9 Å². The van der Waals surface area contributed by atoms with E-state index < -0.39 is 0 Å². The van der Waals surface area contributed by atoms with Crippen LogP contribution in [0.5, 0.6) is 0 Å². The Morgan fingerprint density at radius 1 is 1.00 bits per heavy atom. The average Bonchev–Trinajstić information content (AvgIpc) is 2.60. The standard InChI is InChI=1S/C18H22N4O/c1-3-23-15(2)18(22-21-17-12-8-5-9-13-17)14-19-20-16-10-6-4-7-11-16/h4-15,20-21H,3H2,1-2H3. The molecule has 0 aliphatic heterocycles. The number of ether oxygens (including phenoxy) is 1. The lowest BCUT2D eigenvalue weighted by Gasteiger charge is -2.12. The van der Waals surface area contributed by atoms with Crippen LogP contribution in [-0.4, -0.2) is 24.6 Å². The highest BCUT2D eigenvalue weighted by molar-refractivity contribution is 6.32. The fraction of sp³-hybridized carbons (Fsp3) is 0.222. The van der Waals surface area contributed by atoms with E-state index in [0.29, 0.717) is 12.3 Å². The van der Waals surface area contributed by atoms with E-state index in [4.69, 9.17) is 4.74 Å². The van der Waals surface area contributed by atoms with Gasteiger partial charge in [-0.1, -0.05) is 36.4 Å². The molecule has 5 heteroatoms. The number of anilines is 2. The molecule has 0 bridgehead atoms. The van der Waals surface area contributed by atoms with E-state index in [-0.39, 0.29) is 6.10 Å². The molecule has 0 radical (unpaired) electrons. The van der Waals surface area contributed by atoms with Gasteiger partial charge in [0.25, 0.3) is 0 Å². The first-order valence-corrected chi connectivity index (χ1v) is 7.64. The van der Waals surface area contributed by atoms with Crippen molar-refractivity contribution in [1.82, 2.24) is 0 Å². The van der Waals surface area contributed by atoms with Gasteiger partial charge in [-0.2, -0.15) is 10.2 Å². The van der Waals surface area contributed by atoms with Crippen LogP contribution in [0.2, 0.25) is 0 Å². The summed E-state index contributed by atoms with van der Waals surface area (Å²) in [4.78, 5) is 0. The molecule has 120 valence electrons. The first-order chi connectivity index (χ1) is 11.3. The molecule has 0 amide bonds. The molecule has 1 atom stereocenters. The second-order valence-electron chi connectivity index (χ2n) is 4.85. The Bertz CT molecular complexity index is 626. The molecule has 0 spiro atoms. The highest BCUT2D eigenvalue weighted by Crippen LogP contribution is 2.06. The molecular formula is C18H22N4O. The van der Waals surface area contributed by atoms with Gasteiger partial charge in [-0.05, 0) is 38.1 Å². The van der Waals surface area contributed by atoms with Crippen LogP contribution in [0.1, 0.15) is 13.8 Å². The number of nitrogens with one attached hydrogen (secondary N) is 2. The van der Waals surface area contributed by atoms with Crippen molar-refractivity contribution in [3.8, 4) is 0 Å². The number of nitrogens with zero attached hydrogens (tertiary/aromatic N) is 2. The van der Waals surface area contributed by atoms with Gasteiger partial charge in [-0.25, -0.2) is 0 Å². The molecule has 0 saturated carbocycles. The van der Waals surface area contributed by atoms with E-state index in [2.05, 4.69) is 21.1 Å². The lowest BCUT2D eigenvalue weighted by atomic mass is 10.2. The molecule has 1 unspecified atom stereocenters. The first-order valence-electron chi connectivity index (χ1n) is 7.64. The quantitative estimate of drug-likeness (QED) is 0.573. The largest absolute Gasteiger partial charge is 0.372 e. The summed E-state index contributed by atoms with van der Waals surface area (Å²) in [5.41, 5.74) is 8.54. The van der Waals surface area contributed by atoms with E-state index >= 15 is 0 Å². The van der Waals surface area contributed by atoms with Gasteiger partial charge >= 0.3 is 0 Å². The zero-order valence-corrected chi connectivity index (χ0v) is 13.4. The summed E-state index contributed by atoms with van der Waals surface area (Å²) in [6, 6.07) is 19.5. The lowest BCUT2D eigenvalue weighted by molar-refractivity contribution is 0.123. The normalized spacial score (nSPS) is 13.0. The zero-order chi connectivity index (χ0) is 16.3. The van der Waals surface area contributed by atoms with Crippen molar-refractivity contribution in [2.45, 2.75) is 20.0 Å². The average molecular weight is 310 g/mol. The highest BCUT2D eigenvalue weighted by atomic mass is 16.5. The Morgan fingerprint density at radius 3 is 2.13 bits per heavy atom. The van der Waals surface area contributed by atoms with Crippen molar-refractivity contribution in [3.05, 3.63) is 60.7 Å². The SMILES string of the molecule is CCOC(C)C(C=NNc1ccccc1)=NNc1ccccc1. The second kappa shape index (κ2) is 9.38. The van der Waals surface area contributed by atoms with Crippen molar-refractivity contribution in [2.24, 2.45) is 10.2 Å². The second-order valence-corrected chi connectivity index (χ2v) is 4.85. The number of hydrogen-bond donors (Lipinski definition) is 2. The molecule has 2 rings (SSSR count). The third-order valence-electron chi connectivity index (χ3n) is 3.09. The van der Waals surface area contributed by atoms with Crippen LogP contribution in [0.3, 0.4) is 0 Å². The number of benzene rings is 2. The molecule has 0 saturated heterocycles. The van der Waals surface area contributed by atoms with E-state index in [1.54, 1.807) is 6.21 Å². The lowest BCUT2D eigenvalue weighted by Crippen LogP contribution is -2.23. The summed E-state index contributed by atoms with van der Waals surface area (Å²) in [5, 5.41) is 8.63. The molecule has 2 aromatic carbocycles. The summed E-state index contributed by atoms with van der Waals surface area (Å²) in [5.74, 6) is 0. The smallest absolute Gasteiger partial charge is 0.109 e. The summed E-state index contributed by atoms with van der Waals surface area (Å²) in [6.07, 6.45) is 1.51. The van der Waals surface area contributed by atoms with Crippen LogP contribution in [0.25, 0.3) is 0 Å². The zero-order valence-electron chi connectivity index (χ0n) is 13.4. The van der Waals surface area contributed by atoms with E-state index in [1.807, 2.05) is 74.5 Å². The summed E-state index contributed by atoms with van der Waals surface area (Å²) >= 11 is 0. The van der Waals surface area contributed by atoms with Gasteiger partial charge in [0.1, 0.15) is 11.8 Å². The maximum atomic E-state index is 5.61. The predicted octanol–water partition coefficient (Wildman–Crippen LogP) is 3.98. The molecule has 0 aliphatic rings. The van der Waals surface area contributed by atoms with Gasteiger partial charge in [0, 0.05) is 6.61 Å². The van der Waals surface area contributed by atoms with E-state index in [0.717, 1.165) is 11.4 Å². The third-order valence-corrected chi connectivity index (χ3v) is 3.09. The molecular weight excluding hydrogens is 288 g/mol. The Balaban J connectivity index is 2.04. The molecule has 0 heterocycles. The minimum Gasteiger partial charge on any atom is -0.372 e. The number of rotatable bonds is 8. The van der Waals surface area contributed by atoms with Gasteiger partial charge in [-0.3, -0.25) is 10.9 Å². The number of hydrogen-bond acceptors (Lipinski definition) is 5. The van der Waals surface area contributed by atoms with Crippen LogP contribution in [0.4, 0.5) is 11.4 Å². The van der Waals surface area contributed by atoms with E-state index in [1.165, 1.54) is 0 Å². The Kier molecular flexibility index (Phi) is 6.81. The van der Waals surface area contributed by atoms with Crippen LogP contribution in [0, 0.1) is 0 Å². The van der Waals surface area contributed by atoms with Gasteiger partial charge in [-0.15, -0.1) is 0 Å². The molecule has 2 aromatic rings. The van der Waals surface area contributed by atoms with Crippen LogP contribution < -0.4 is 10.9 Å². The monoisotopic (exact) mass is 310 g/mol.